The highest BCUT2D eigenvalue weighted by Gasteiger charge is 2.31. The largest absolute Gasteiger partial charge is 0.573 e. The number of carbonyl (C=O) groups excluding carboxylic acids is 1. The zero-order valence-electron chi connectivity index (χ0n) is 13.3. The van der Waals surface area contributed by atoms with Crippen LogP contribution in [0.4, 0.5) is 18.9 Å². The van der Waals surface area contributed by atoms with Gasteiger partial charge >= 0.3 is 6.36 Å². The van der Waals surface area contributed by atoms with Crippen molar-refractivity contribution < 1.29 is 22.7 Å². The molecule has 0 spiro atoms. The smallest absolute Gasteiger partial charge is 0.406 e. The first-order valence-corrected chi connectivity index (χ1v) is 7.89. The van der Waals surface area contributed by atoms with E-state index in [0.717, 1.165) is 31.1 Å². The number of hydrogen-bond acceptors (Lipinski definition) is 3. The van der Waals surface area contributed by atoms with Gasteiger partial charge in [0.15, 0.2) is 0 Å². The Kier molecular flexibility index (Phi) is 4.94. The van der Waals surface area contributed by atoms with Crippen LogP contribution in [0.25, 0.3) is 0 Å². The number of hydrogen-bond donors (Lipinski definition) is 2. The monoisotopic (exact) mass is 350 g/mol. The molecule has 25 heavy (non-hydrogen) atoms. The van der Waals surface area contributed by atoms with Crippen molar-refractivity contribution in [2.45, 2.75) is 18.7 Å². The molecule has 0 saturated carbocycles. The molecule has 0 radical (unpaired) electrons. The van der Waals surface area contributed by atoms with Gasteiger partial charge in [-0.1, -0.05) is 24.3 Å². The summed E-state index contributed by atoms with van der Waals surface area (Å²) in [6, 6.07) is 12.5. The summed E-state index contributed by atoms with van der Waals surface area (Å²) in [5.41, 5.74) is 1.71. The highest BCUT2D eigenvalue weighted by Crippen LogP contribution is 2.28. The number of alkyl halides is 3. The van der Waals surface area contributed by atoms with Gasteiger partial charge in [0, 0.05) is 23.9 Å². The van der Waals surface area contributed by atoms with Crippen LogP contribution in [0, 0.1) is 0 Å². The number of halogens is 3. The van der Waals surface area contributed by atoms with E-state index in [4.69, 9.17) is 0 Å². The molecule has 2 aromatic carbocycles. The quantitative estimate of drug-likeness (QED) is 0.879. The van der Waals surface area contributed by atoms with Crippen LogP contribution < -0.4 is 15.4 Å². The van der Waals surface area contributed by atoms with E-state index in [1.165, 1.54) is 18.2 Å². The highest BCUT2D eigenvalue weighted by atomic mass is 19.4. The van der Waals surface area contributed by atoms with Crippen LogP contribution >= 0.6 is 0 Å². The van der Waals surface area contributed by atoms with Crippen LogP contribution in [0.5, 0.6) is 5.75 Å². The van der Waals surface area contributed by atoms with Crippen molar-refractivity contribution in [2.24, 2.45) is 0 Å². The van der Waals surface area contributed by atoms with Crippen molar-refractivity contribution in [2.75, 3.05) is 18.4 Å². The van der Waals surface area contributed by atoms with E-state index < -0.39 is 6.36 Å². The molecule has 1 aliphatic rings. The second-order valence-corrected chi connectivity index (χ2v) is 5.81. The number of rotatable bonds is 4. The van der Waals surface area contributed by atoms with Gasteiger partial charge in [-0.05, 0) is 42.6 Å². The first-order chi connectivity index (χ1) is 11.9. The molecule has 3 rings (SSSR count). The van der Waals surface area contributed by atoms with Crippen molar-refractivity contribution in [1.29, 1.82) is 0 Å². The van der Waals surface area contributed by atoms with Gasteiger partial charge in [0.05, 0.1) is 0 Å². The lowest BCUT2D eigenvalue weighted by molar-refractivity contribution is -0.274. The molecule has 1 saturated heterocycles. The maximum Gasteiger partial charge on any atom is 0.573 e. The maximum atomic E-state index is 12.6. The van der Waals surface area contributed by atoms with Crippen molar-refractivity contribution in [1.82, 2.24) is 5.32 Å². The Morgan fingerprint density at radius 2 is 1.96 bits per heavy atom. The minimum Gasteiger partial charge on any atom is -0.406 e. The number of anilines is 1. The molecule has 1 amide bonds. The van der Waals surface area contributed by atoms with Gasteiger partial charge < -0.3 is 15.4 Å². The van der Waals surface area contributed by atoms with Gasteiger partial charge in [-0.3, -0.25) is 4.79 Å². The molecule has 0 unspecified atom stereocenters. The van der Waals surface area contributed by atoms with Crippen molar-refractivity contribution in [3.05, 3.63) is 59.7 Å². The molecular weight excluding hydrogens is 333 g/mol. The van der Waals surface area contributed by atoms with Gasteiger partial charge in [-0.2, -0.15) is 0 Å². The van der Waals surface area contributed by atoms with E-state index in [1.54, 1.807) is 12.1 Å². The molecule has 0 bridgehead atoms. The minimum atomic E-state index is -4.77. The molecule has 1 aliphatic heterocycles. The molecule has 4 nitrogen and oxygen atoms in total. The minimum absolute atomic E-state index is 0.242. The summed E-state index contributed by atoms with van der Waals surface area (Å²) >= 11 is 0. The average molecular weight is 350 g/mol. The van der Waals surface area contributed by atoms with Crippen molar-refractivity contribution >= 4 is 11.6 Å². The normalized spacial score (nSPS) is 17.3. The first kappa shape index (κ1) is 17.3. The fraction of sp³-hybridized carbons (Fsp3) is 0.278. The zero-order chi connectivity index (χ0) is 17.9. The molecule has 132 valence electrons. The van der Waals surface area contributed by atoms with E-state index >= 15 is 0 Å². The summed E-state index contributed by atoms with van der Waals surface area (Å²) in [6.07, 6.45) is -3.83. The Labute approximate surface area is 143 Å². The van der Waals surface area contributed by atoms with E-state index in [1.807, 2.05) is 12.1 Å². The number of nitrogens with one attached hydrogen (secondary N) is 2. The zero-order valence-corrected chi connectivity index (χ0v) is 13.3. The predicted molar refractivity (Wildman–Crippen MR) is 87.7 cm³/mol. The van der Waals surface area contributed by atoms with Gasteiger partial charge in [-0.15, -0.1) is 13.2 Å². The summed E-state index contributed by atoms with van der Waals surface area (Å²) in [5, 5.41) is 5.90. The highest BCUT2D eigenvalue weighted by molar-refractivity contribution is 6.05. The number of ether oxygens (including phenoxy) is 1. The third kappa shape index (κ3) is 4.51. The van der Waals surface area contributed by atoms with Crippen LogP contribution in [0.1, 0.15) is 28.3 Å². The van der Waals surface area contributed by atoms with Crippen molar-refractivity contribution in [3.8, 4) is 5.75 Å². The second kappa shape index (κ2) is 7.14. The summed E-state index contributed by atoms with van der Waals surface area (Å²) in [5.74, 6) is -0.480. The average Bonchev–Trinajstić information content (AvgIpc) is 3.08. The van der Waals surface area contributed by atoms with Gasteiger partial charge in [0.2, 0.25) is 0 Å². The standard InChI is InChI=1S/C18H17F3N2O2/c19-18(20,21)25-14-5-3-4-13(10-14)23-17(24)16-7-2-1-6-15(16)12-8-9-22-11-12/h1-7,10,12,22H,8-9,11H2,(H,23,24)/t12-/m0/s1. The molecule has 2 N–H and O–H groups in total. The lowest BCUT2D eigenvalue weighted by atomic mass is 9.93. The van der Waals surface area contributed by atoms with E-state index in [2.05, 4.69) is 15.4 Å². The Hall–Kier alpha value is -2.54. The molecule has 0 aromatic heterocycles. The molecule has 0 aliphatic carbocycles. The van der Waals surface area contributed by atoms with E-state index in [0.29, 0.717) is 5.56 Å². The van der Waals surface area contributed by atoms with Crippen LogP contribution in [0.3, 0.4) is 0 Å². The number of amides is 1. The molecular formula is C18H17F3N2O2. The van der Waals surface area contributed by atoms with Crippen LogP contribution in [0.2, 0.25) is 0 Å². The fourth-order valence-electron chi connectivity index (χ4n) is 2.95. The predicted octanol–water partition coefficient (Wildman–Crippen LogP) is 3.91. The third-order valence-electron chi connectivity index (χ3n) is 4.03. The van der Waals surface area contributed by atoms with E-state index in [-0.39, 0.29) is 23.3 Å². The molecule has 7 heteroatoms. The van der Waals surface area contributed by atoms with Crippen LogP contribution in [0.15, 0.2) is 48.5 Å². The topological polar surface area (TPSA) is 50.4 Å². The molecule has 1 atom stereocenters. The molecule has 2 aromatic rings. The van der Waals surface area contributed by atoms with Crippen molar-refractivity contribution in [3.63, 3.8) is 0 Å². The maximum absolute atomic E-state index is 12.6. The Balaban J connectivity index is 1.78. The SMILES string of the molecule is O=C(Nc1cccc(OC(F)(F)F)c1)c1ccccc1[C@H]1CCNC1. The number of benzene rings is 2. The molecule has 1 heterocycles. The summed E-state index contributed by atoms with van der Waals surface area (Å²) in [4.78, 5) is 12.6. The van der Waals surface area contributed by atoms with Crippen LogP contribution in [-0.4, -0.2) is 25.4 Å². The van der Waals surface area contributed by atoms with Gasteiger partial charge in [-0.25, -0.2) is 0 Å². The third-order valence-corrected chi connectivity index (χ3v) is 4.03. The fourth-order valence-corrected chi connectivity index (χ4v) is 2.95. The second-order valence-electron chi connectivity index (χ2n) is 5.81. The summed E-state index contributed by atoms with van der Waals surface area (Å²) < 4.78 is 40.8. The first-order valence-electron chi connectivity index (χ1n) is 7.89. The summed E-state index contributed by atoms with van der Waals surface area (Å²) in [7, 11) is 0. The van der Waals surface area contributed by atoms with Crippen LogP contribution in [-0.2, 0) is 0 Å². The Morgan fingerprint density at radius 1 is 1.16 bits per heavy atom. The lowest BCUT2D eigenvalue weighted by Gasteiger charge is -2.15. The van der Waals surface area contributed by atoms with Gasteiger partial charge in [0.1, 0.15) is 5.75 Å². The Bertz CT molecular complexity index is 756. The Morgan fingerprint density at radius 3 is 2.68 bits per heavy atom. The van der Waals surface area contributed by atoms with Gasteiger partial charge in [0.25, 0.3) is 5.91 Å². The van der Waals surface area contributed by atoms with E-state index in [9.17, 15) is 18.0 Å². The molecule has 1 fully saturated rings. The lowest BCUT2D eigenvalue weighted by Crippen LogP contribution is -2.18. The summed E-state index contributed by atoms with van der Waals surface area (Å²) in [6.45, 7) is 1.71. The number of carbonyl (C=O) groups is 1.